The Morgan fingerprint density at radius 1 is 1.07 bits per heavy atom. The van der Waals surface area contributed by atoms with Gasteiger partial charge in [0.25, 0.3) is 5.91 Å². The molecule has 0 aliphatic carbocycles. The molecule has 0 atom stereocenters. The number of aryl methyl sites for hydroxylation is 1. The van der Waals surface area contributed by atoms with Gasteiger partial charge in [-0.1, -0.05) is 24.3 Å². The summed E-state index contributed by atoms with van der Waals surface area (Å²) in [5, 5.41) is 6.92. The first kappa shape index (κ1) is 19.3. The number of nitrogens with zero attached hydrogens (tertiary/aromatic N) is 2. The van der Waals surface area contributed by atoms with Gasteiger partial charge >= 0.3 is 6.18 Å². The third-order valence-electron chi connectivity index (χ3n) is 4.31. The van der Waals surface area contributed by atoms with E-state index >= 15 is 0 Å². The number of alkyl halides is 3. The number of amides is 1. The van der Waals surface area contributed by atoms with Gasteiger partial charge in [0.15, 0.2) is 5.82 Å². The second-order valence-electron chi connectivity index (χ2n) is 6.21. The molecule has 1 aromatic heterocycles. The van der Waals surface area contributed by atoms with Crippen LogP contribution in [0, 0.1) is 6.92 Å². The van der Waals surface area contributed by atoms with Gasteiger partial charge in [0.05, 0.1) is 11.3 Å². The van der Waals surface area contributed by atoms with E-state index in [2.05, 4.69) is 10.4 Å². The first-order valence-electron chi connectivity index (χ1n) is 8.28. The maximum Gasteiger partial charge on any atom is 0.416 e. The van der Waals surface area contributed by atoms with E-state index in [1.54, 1.807) is 42.9 Å². The monoisotopic (exact) mass is 387 g/mol. The minimum absolute atomic E-state index is 0.0925. The Kier molecular flexibility index (Phi) is 5.04. The first-order chi connectivity index (χ1) is 13.2. The normalized spacial score (nSPS) is 11.3. The zero-order valence-corrected chi connectivity index (χ0v) is 15.0. The summed E-state index contributed by atoms with van der Waals surface area (Å²) in [6.45, 7) is 1.78. The molecule has 144 valence electrons. The summed E-state index contributed by atoms with van der Waals surface area (Å²) in [5.74, 6) is -0.250. The fourth-order valence-electron chi connectivity index (χ4n) is 2.86. The molecule has 0 fully saturated rings. The van der Waals surface area contributed by atoms with E-state index in [0.29, 0.717) is 16.9 Å². The van der Waals surface area contributed by atoms with Crippen LogP contribution < -0.4 is 5.32 Å². The van der Waals surface area contributed by atoms with E-state index in [1.165, 1.54) is 0 Å². The smallest absolute Gasteiger partial charge is 0.305 e. The number of carbonyl (C=O) groups is 2. The summed E-state index contributed by atoms with van der Waals surface area (Å²) < 4.78 is 39.5. The second-order valence-corrected chi connectivity index (χ2v) is 6.21. The Labute approximate surface area is 158 Å². The van der Waals surface area contributed by atoms with Crippen LogP contribution in [0.15, 0.2) is 48.5 Å². The lowest BCUT2D eigenvalue weighted by Crippen LogP contribution is -2.14. The Balaban J connectivity index is 1.85. The molecule has 1 amide bonds. The molecule has 8 heteroatoms. The Bertz CT molecular complexity index is 1020. The van der Waals surface area contributed by atoms with E-state index < -0.39 is 17.6 Å². The highest BCUT2D eigenvalue weighted by atomic mass is 19.4. The summed E-state index contributed by atoms with van der Waals surface area (Å²) in [4.78, 5) is 23.2. The van der Waals surface area contributed by atoms with Crippen LogP contribution >= 0.6 is 0 Å². The molecule has 0 spiro atoms. The maximum absolute atomic E-state index is 12.6. The molecule has 2 aromatic carbocycles. The van der Waals surface area contributed by atoms with Gasteiger partial charge in [-0.25, -0.2) is 0 Å². The number of hydrogen-bond donors (Lipinski definition) is 1. The third kappa shape index (κ3) is 3.80. The molecule has 3 aromatic rings. The van der Waals surface area contributed by atoms with E-state index in [1.807, 2.05) is 0 Å². The van der Waals surface area contributed by atoms with Crippen molar-refractivity contribution in [1.29, 1.82) is 0 Å². The molecular weight excluding hydrogens is 371 g/mol. The number of aromatic nitrogens is 2. The summed E-state index contributed by atoms with van der Waals surface area (Å²) in [5.41, 5.74) is 2.07. The lowest BCUT2D eigenvalue weighted by atomic mass is 10.1. The van der Waals surface area contributed by atoms with Crippen molar-refractivity contribution in [3.8, 4) is 11.3 Å². The molecule has 0 aliphatic heterocycles. The van der Waals surface area contributed by atoms with Crippen LogP contribution in [0.25, 0.3) is 11.3 Å². The summed E-state index contributed by atoms with van der Waals surface area (Å²) in [6.07, 6.45) is -3.71. The van der Waals surface area contributed by atoms with Crippen LogP contribution in [0.2, 0.25) is 0 Å². The molecule has 0 saturated heterocycles. The molecule has 0 aliphatic rings. The van der Waals surface area contributed by atoms with Crippen molar-refractivity contribution in [2.75, 3.05) is 5.32 Å². The predicted octanol–water partition coefficient (Wildman–Crippen LogP) is 4.48. The fourth-order valence-corrected chi connectivity index (χ4v) is 2.86. The number of hydrogen-bond acceptors (Lipinski definition) is 3. The van der Waals surface area contributed by atoms with E-state index in [0.717, 1.165) is 41.8 Å². The molecule has 0 saturated carbocycles. The van der Waals surface area contributed by atoms with Crippen LogP contribution in [-0.2, 0) is 13.2 Å². The average Bonchev–Trinajstić information content (AvgIpc) is 2.94. The minimum atomic E-state index is -4.46. The lowest BCUT2D eigenvalue weighted by Gasteiger charge is -2.08. The van der Waals surface area contributed by atoms with Crippen molar-refractivity contribution in [1.82, 2.24) is 9.78 Å². The molecular formula is C20H16F3N3O2. The van der Waals surface area contributed by atoms with Crippen molar-refractivity contribution in [3.63, 3.8) is 0 Å². The first-order valence-corrected chi connectivity index (χ1v) is 8.28. The summed E-state index contributed by atoms with van der Waals surface area (Å²) in [6, 6.07) is 10.9. The van der Waals surface area contributed by atoms with Gasteiger partial charge in [-0.15, -0.1) is 0 Å². The molecule has 1 heterocycles. The van der Waals surface area contributed by atoms with Gasteiger partial charge in [-0.3, -0.25) is 14.3 Å². The van der Waals surface area contributed by atoms with Crippen LogP contribution in [0.5, 0.6) is 0 Å². The van der Waals surface area contributed by atoms with Gasteiger partial charge in [0.1, 0.15) is 6.29 Å². The van der Waals surface area contributed by atoms with Gasteiger partial charge in [0.2, 0.25) is 0 Å². The number of aldehydes is 1. The molecule has 3 rings (SSSR count). The highest BCUT2D eigenvalue weighted by Crippen LogP contribution is 2.30. The molecule has 28 heavy (non-hydrogen) atoms. The van der Waals surface area contributed by atoms with Gasteiger partial charge in [0, 0.05) is 29.3 Å². The highest BCUT2D eigenvalue weighted by Gasteiger charge is 2.30. The number of nitrogens with one attached hydrogen (secondary N) is 1. The average molecular weight is 387 g/mol. The Morgan fingerprint density at radius 3 is 2.21 bits per heavy atom. The number of carbonyl (C=O) groups excluding carboxylic acids is 2. The SMILES string of the molecule is Cc1c(NC(=O)c2ccc(C(F)(F)F)cc2)nn(C)c1-c1ccc(C=O)cc1. The number of rotatable bonds is 4. The number of halogens is 3. The van der Waals surface area contributed by atoms with Crippen LogP contribution in [0.4, 0.5) is 19.0 Å². The standard InChI is InChI=1S/C20H16F3N3O2/c1-12-17(14-5-3-13(11-27)4-6-14)26(2)25-18(12)24-19(28)15-7-9-16(10-8-15)20(21,22)23/h3-11H,1-2H3,(H,24,25,28). The fraction of sp³-hybridized carbons (Fsp3) is 0.150. The second kappa shape index (κ2) is 7.30. The van der Waals surface area contributed by atoms with E-state index in [-0.39, 0.29) is 5.56 Å². The van der Waals surface area contributed by atoms with Crippen LogP contribution in [0.1, 0.15) is 31.8 Å². The van der Waals surface area contributed by atoms with E-state index in [9.17, 15) is 22.8 Å². The van der Waals surface area contributed by atoms with Crippen molar-refractivity contribution in [3.05, 3.63) is 70.8 Å². The van der Waals surface area contributed by atoms with Crippen molar-refractivity contribution in [2.45, 2.75) is 13.1 Å². The van der Waals surface area contributed by atoms with Crippen molar-refractivity contribution in [2.24, 2.45) is 7.05 Å². The van der Waals surface area contributed by atoms with Gasteiger partial charge in [-0.05, 0) is 31.2 Å². The van der Waals surface area contributed by atoms with Gasteiger partial charge in [-0.2, -0.15) is 18.3 Å². The van der Waals surface area contributed by atoms with Crippen LogP contribution in [-0.4, -0.2) is 22.0 Å². The topological polar surface area (TPSA) is 64.0 Å². The molecule has 0 radical (unpaired) electrons. The van der Waals surface area contributed by atoms with Crippen molar-refractivity contribution < 1.29 is 22.8 Å². The zero-order valence-electron chi connectivity index (χ0n) is 15.0. The number of anilines is 1. The zero-order chi connectivity index (χ0) is 20.5. The summed E-state index contributed by atoms with van der Waals surface area (Å²) >= 11 is 0. The lowest BCUT2D eigenvalue weighted by molar-refractivity contribution is -0.137. The van der Waals surface area contributed by atoms with Gasteiger partial charge < -0.3 is 5.32 Å². The Morgan fingerprint density at radius 2 is 1.68 bits per heavy atom. The summed E-state index contributed by atoms with van der Waals surface area (Å²) in [7, 11) is 1.71. The maximum atomic E-state index is 12.6. The molecule has 0 unspecified atom stereocenters. The molecule has 0 bridgehead atoms. The Hall–Kier alpha value is -3.42. The highest BCUT2D eigenvalue weighted by molar-refractivity contribution is 6.04. The quantitative estimate of drug-likeness (QED) is 0.672. The molecule has 1 N–H and O–H groups in total. The predicted molar refractivity (Wildman–Crippen MR) is 98.2 cm³/mol. The third-order valence-corrected chi connectivity index (χ3v) is 4.31. The minimum Gasteiger partial charge on any atom is -0.305 e. The van der Waals surface area contributed by atoms with Crippen LogP contribution in [0.3, 0.4) is 0 Å². The van der Waals surface area contributed by atoms with E-state index in [4.69, 9.17) is 0 Å². The largest absolute Gasteiger partial charge is 0.416 e. The molecule has 5 nitrogen and oxygen atoms in total. The number of benzene rings is 2. The van der Waals surface area contributed by atoms with Crippen molar-refractivity contribution >= 4 is 18.0 Å².